The molecule has 1 amide bonds. The number of nitrogens with one attached hydrogen (secondary N) is 1. The summed E-state index contributed by atoms with van der Waals surface area (Å²) in [5, 5.41) is 3.47. The zero-order valence-corrected chi connectivity index (χ0v) is 13.5. The predicted octanol–water partition coefficient (Wildman–Crippen LogP) is 2.22. The predicted molar refractivity (Wildman–Crippen MR) is 86.9 cm³/mol. The van der Waals surface area contributed by atoms with Gasteiger partial charge in [-0.1, -0.05) is 12.1 Å². The number of ether oxygens (including phenoxy) is 1. The summed E-state index contributed by atoms with van der Waals surface area (Å²) in [6.45, 7) is 7.84. The molecule has 0 bridgehead atoms. The summed E-state index contributed by atoms with van der Waals surface area (Å²) in [7, 11) is 0. The standard InChI is InChI=1S/C18H26N2O2/c1-13-4-3-5-17(10-13)22-14(2)18(21)20-8-6-15-11-19-12-16(15)7-9-20/h3-5,10,14-16,19H,6-9,11-12H2,1-2H3/t14?,15-,16+. The number of fused-ring (bicyclic) bond motifs is 1. The molecule has 0 radical (unpaired) electrons. The molecule has 2 aliphatic heterocycles. The van der Waals surface area contributed by atoms with E-state index in [2.05, 4.69) is 5.32 Å². The summed E-state index contributed by atoms with van der Waals surface area (Å²) in [6, 6.07) is 7.88. The van der Waals surface area contributed by atoms with Gasteiger partial charge >= 0.3 is 0 Å². The van der Waals surface area contributed by atoms with Crippen LogP contribution in [0.4, 0.5) is 0 Å². The van der Waals surface area contributed by atoms with Gasteiger partial charge in [-0.05, 0) is 69.3 Å². The quantitative estimate of drug-likeness (QED) is 0.931. The Morgan fingerprint density at radius 2 is 1.95 bits per heavy atom. The van der Waals surface area contributed by atoms with Crippen LogP contribution < -0.4 is 10.1 Å². The fourth-order valence-electron chi connectivity index (χ4n) is 3.64. The minimum Gasteiger partial charge on any atom is -0.481 e. The number of amides is 1. The first-order valence-corrected chi connectivity index (χ1v) is 8.36. The molecule has 4 heteroatoms. The number of rotatable bonds is 3. The first-order valence-electron chi connectivity index (χ1n) is 8.36. The van der Waals surface area contributed by atoms with Crippen molar-refractivity contribution in [3.05, 3.63) is 29.8 Å². The van der Waals surface area contributed by atoms with Crippen molar-refractivity contribution in [2.24, 2.45) is 11.8 Å². The zero-order chi connectivity index (χ0) is 15.5. The summed E-state index contributed by atoms with van der Waals surface area (Å²) in [4.78, 5) is 14.6. The van der Waals surface area contributed by atoms with Crippen LogP contribution in [0.1, 0.15) is 25.3 Å². The number of benzene rings is 1. The number of carbonyl (C=O) groups excluding carboxylic acids is 1. The SMILES string of the molecule is Cc1cccc(OC(C)C(=O)N2CC[C@@H]3CNC[C@@H]3CC2)c1. The van der Waals surface area contributed by atoms with Gasteiger partial charge in [0.15, 0.2) is 6.10 Å². The number of likely N-dealkylation sites (tertiary alicyclic amines) is 1. The van der Waals surface area contributed by atoms with Gasteiger partial charge in [-0.15, -0.1) is 0 Å². The largest absolute Gasteiger partial charge is 0.481 e. The van der Waals surface area contributed by atoms with Crippen LogP contribution in [0.25, 0.3) is 0 Å². The third kappa shape index (κ3) is 3.43. The smallest absolute Gasteiger partial charge is 0.263 e. The molecule has 3 atom stereocenters. The van der Waals surface area contributed by atoms with Crippen LogP contribution in [-0.4, -0.2) is 43.1 Å². The molecule has 4 nitrogen and oxygen atoms in total. The molecule has 1 unspecified atom stereocenters. The van der Waals surface area contributed by atoms with Gasteiger partial charge in [0.2, 0.25) is 0 Å². The van der Waals surface area contributed by atoms with Crippen LogP contribution >= 0.6 is 0 Å². The number of aryl methyl sites for hydroxylation is 1. The summed E-state index contributed by atoms with van der Waals surface area (Å²) in [5.41, 5.74) is 1.15. The van der Waals surface area contributed by atoms with E-state index in [9.17, 15) is 4.79 Å². The van der Waals surface area contributed by atoms with Crippen molar-refractivity contribution in [2.75, 3.05) is 26.2 Å². The van der Waals surface area contributed by atoms with Gasteiger partial charge in [0.1, 0.15) is 5.75 Å². The number of hydrogen-bond donors (Lipinski definition) is 1. The Morgan fingerprint density at radius 1 is 1.27 bits per heavy atom. The fraction of sp³-hybridized carbons (Fsp3) is 0.611. The van der Waals surface area contributed by atoms with Crippen LogP contribution in [0, 0.1) is 18.8 Å². The van der Waals surface area contributed by atoms with E-state index >= 15 is 0 Å². The second kappa shape index (κ2) is 6.69. The van der Waals surface area contributed by atoms with Crippen molar-refractivity contribution in [3.63, 3.8) is 0 Å². The minimum atomic E-state index is -0.419. The zero-order valence-electron chi connectivity index (χ0n) is 13.5. The van der Waals surface area contributed by atoms with E-state index in [1.165, 1.54) is 0 Å². The first kappa shape index (κ1) is 15.3. The van der Waals surface area contributed by atoms with Crippen molar-refractivity contribution in [1.82, 2.24) is 10.2 Å². The molecule has 0 aliphatic carbocycles. The Kier molecular flexibility index (Phi) is 4.67. The first-order chi connectivity index (χ1) is 10.6. The van der Waals surface area contributed by atoms with Gasteiger partial charge in [-0.25, -0.2) is 0 Å². The molecule has 22 heavy (non-hydrogen) atoms. The van der Waals surface area contributed by atoms with E-state index in [0.717, 1.165) is 62.2 Å². The summed E-state index contributed by atoms with van der Waals surface area (Å²) in [5.74, 6) is 2.38. The van der Waals surface area contributed by atoms with E-state index in [1.54, 1.807) is 0 Å². The molecule has 0 spiro atoms. The summed E-state index contributed by atoms with van der Waals surface area (Å²) in [6.07, 6.45) is 1.80. The molecule has 1 aromatic carbocycles. The van der Waals surface area contributed by atoms with E-state index < -0.39 is 6.10 Å². The van der Waals surface area contributed by atoms with Gasteiger partial charge < -0.3 is 15.0 Å². The maximum absolute atomic E-state index is 12.6. The third-order valence-corrected chi connectivity index (χ3v) is 4.98. The highest BCUT2D eigenvalue weighted by molar-refractivity contribution is 5.81. The molecule has 2 fully saturated rings. The number of nitrogens with zero attached hydrogens (tertiary/aromatic N) is 1. The number of carbonyl (C=O) groups is 1. The third-order valence-electron chi connectivity index (χ3n) is 4.98. The van der Waals surface area contributed by atoms with Crippen LogP contribution in [0.5, 0.6) is 5.75 Å². The molecule has 2 aliphatic rings. The molecule has 1 N–H and O–H groups in total. The average Bonchev–Trinajstić information content (AvgIpc) is 2.85. The van der Waals surface area contributed by atoms with E-state index in [0.29, 0.717) is 0 Å². The maximum Gasteiger partial charge on any atom is 0.263 e. The Balaban J connectivity index is 1.58. The topological polar surface area (TPSA) is 41.6 Å². The second-order valence-electron chi connectivity index (χ2n) is 6.66. The molecule has 2 heterocycles. The highest BCUT2D eigenvalue weighted by atomic mass is 16.5. The average molecular weight is 302 g/mol. The van der Waals surface area contributed by atoms with Gasteiger partial charge in [-0.2, -0.15) is 0 Å². The minimum absolute atomic E-state index is 0.120. The van der Waals surface area contributed by atoms with Crippen molar-refractivity contribution >= 4 is 5.91 Å². The summed E-state index contributed by atoms with van der Waals surface area (Å²) < 4.78 is 5.84. The van der Waals surface area contributed by atoms with Gasteiger partial charge in [0.05, 0.1) is 0 Å². The lowest BCUT2D eigenvalue weighted by Gasteiger charge is -2.25. The molecule has 2 saturated heterocycles. The molecule has 1 aromatic rings. The normalized spacial score (nSPS) is 26.2. The van der Waals surface area contributed by atoms with E-state index in [4.69, 9.17) is 4.74 Å². The lowest BCUT2D eigenvalue weighted by Crippen LogP contribution is -2.41. The van der Waals surface area contributed by atoms with Crippen LogP contribution in [0.15, 0.2) is 24.3 Å². The molecule has 0 saturated carbocycles. The lowest BCUT2D eigenvalue weighted by molar-refractivity contribution is -0.137. The van der Waals surface area contributed by atoms with Crippen LogP contribution in [0.2, 0.25) is 0 Å². The number of hydrogen-bond acceptors (Lipinski definition) is 3. The molecular formula is C18H26N2O2. The molecule has 3 rings (SSSR count). The van der Waals surface area contributed by atoms with Crippen molar-refractivity contribution in [1.29, 1.82) is 0 Å². The summed E-state index contributed by atoms with van der Waals surface area (Å²) >= 11 is 0. The lowest BCUT2D eigenvalue weighted by atomic mass is 9.92. The van der Waals surface area contributed by atoms with E-state index in [-0.39, 0.29) is 5.91 Å². The van der Waals surface area contributed by atoms with Gasteiger partial charge in [0, 0.05) is 13.1 Å². The maximum atomic E-state index is 12.6. The van der Waals surface area contributed by atoms with Gasteiger partial charge in [0.25, 0.3) is 5.91 Å². The molecular weight excluding hydrogens is 276 g/mol. The van der Waals surface area contributed by atoms with Crippen LogP contribution in [0.3, 0.4) is 0 Å². The van der Waals surface area contributed by atoms with Crippen molar-refractivity contribution in [2.45, 2.75) is 32.8 Å². The van der Waals surface area contributed by atoms with Gasteiger partial charge in [-0.3, -0.25) is 4.79 Å². The van der Waals surface area contributed by atoms with Crippen molar-refractivity contribution < 1.29 is 9.53 Å². The molecule has 0 aromatic heterocycles. The highest BCUT2D eigenvalue weighted by Gasteiger charge is 2.32. The van der Waals surface area contributed by atoms with Crippen LogP contribution in [-0.2, 0) is 4.79 Å². The Hall–Kier alpha value is -1.55. The Bertz CT molecular complexity index is 518. The highest BCUT2D eigenvalue weighted by Crippen LogP contribution is 2.27. The Morgan fingerprint density at radius 3 is 2.59 bits per heavy atom. The van der Waals surface area contributed by atoms with Crippen molar-refractivity contribution in [3.8, 4) is 5.75 Å². The monoisotopic (exact) mass is 302 g/mol. The molecule has 120 valence electrons. The van der Waals surface area contributed by atoms with E-state index in [1.807, 2.05) is 43.0 Å². The fourth-order valence-corrected chi connectivity index (χ4v) is 3.64. The Labute approximate surface area is 132 Å². The second-order valence-corrected chi connectivity index (χ2v) is 6.66.